The number of aromatic amines is 1. The van der Waals surface area contributed by atoms with Crippen molar-refractivity contribution in [2.45, 2.75) is 13.1 Å². The Balaban J connectivity index is 1.23. The number of aromatic nitrogens is 4. The second-order valence-corrected chi connectivity index (χ2v) is 7.73. The Morgan fingerprint density at radius 1 is 1.00 bits per heavy atom. The molecule has 9 nitrogen and oxygen atoms in total. The summed E-state index contributed by atoms with van der Waals surface area (Å²) < 4.78 is 1.50. The van der Waals surface area contributed by atoms with Crippen molar-refractivity contribution in [3.8, 4) is 0 Å². The molecule has 0 bridgehead atoms. The van der Waals surface area contributed by atoms with Crippen LogP contribution in [0, 0.1) is 0 Å². The molecule has 5 rings (SSSR count). The van der Waals surface area contributed by atoms with Crippen LogP contribution in [0.25, 0.3) is 21.9 Å². The maximum absolute atomic E-state index is 12.8. The molecule has 3 heterocycles. The highest BCUT2D eigenvalue weighted by molar-refractivity contribution is 5.87. The molecule has 1 aliphatic rings. The largest absolute Gasteiger partial charge is 0.383 e. The molecule has 0 unspecified atom stereocenters. The second kappa shape index (κ2) is 7.84. The van der Waals surface area contributed by atoms with E-state index in [0.717, 1.165) is 21.9 Å². The minimum atomic E-state index is -0.265. The van der Waals surface area contributed by atoms with Gasteiger partial charge in [-0.3, -0.25) is 14.3 Å². The highest BCUT2D eigenvalue weighted by Crippen LogP contribution is 2.18. The number of rotatable bonds is 4. The fourth-order valence-corrected chi connectivity index (χ4v) is 4.08. The first kappa shape index (κ1) is 19.3. The normalized spacial score (nSPS) is 15.0. The number of benzene rings is 2. The third-order valence-electron chi connectivity index (χ3n) is 5.74. The van der Waals surface area contributed by atoms with E-state index in [9.17, 15) is 9.59 Å². The second-order valence-electron chi connectivity index (χ2n) is 7.73. The zero-order chi connectivity index (χ0) is 21.4. The van der Waals surface area contributed by atoms with Gasteiger partial charge < -0.3 is 15.6 Å². The number of nitrogens with one attached hydrogen (secondary N) is 1. The Morgan fingerprint density at radius 2 is 1.74 bits per heavy atom. The van der Waals surface area contributed by atoms with Gasteiger partial charge in [-0.25, -0.2) is 14.8 Å². The maximum atomic E-state index is 12.8. The molecule has 2 aromatic carbocycles. The summed E-state index contributed by atoms with van der Waals surface area (Å²) in [6.07, 6.45) is 0. The fraction of sp³-hybridized carbons (Fsp3) is 0.273. The Morgan fingerprint density at radius 3 is 2.58 bits per heavy atom. The van der Waals surface area contributed by atoms with E-state index in [2.05, 4.69) is 19.9 Å². The van der Waals surface area contributed by atoms with Crippen molar-refractivity contribution in [2.75, 3.05) is 31.9 Å². The Bertz CT molecular complexity index is 1320. The van der Waals surface area contributed by atoms with Gasteiger partial charge in [0.05, 0.1) is 23.1 Å². The van der Waals surface area contributed by atoms with Crippen molar-refractivity contribution in [3.63, 3.8) is 0 Å². The van der Waals surface area contributed by atoms with E-state index in [4.69, 9.17) is 5.73 Å². The van der Waals surface area contributed by atoms with E-state index in [1.165, 1.54) is 4.57 Å². The van der Waals surface area contributed by atoms with Gasteiger partial charge in [0, 0.05) is 31.6 Å². The molecule has 0 atom stereocenters. The van der Waals surface area contributed by atoms with E-state index in [0.29, 0.717) is 44.4 Å². The van der Waals surface area contributed by atoms with Crippen molar-refractivity contribution in [1.29, 1.82) is 0 Å². The average molecular weight is 417 g/mol. The first-order chi connectivity index (χ1) is 15.1. The van der Waals surface area contributed by atoms with Gasteiger partial charge in [0.1, 0.15) is 18.2 Å². The van der Waals surface area contributed by atoms with Crippen LogP contribution in [-0.4, -0.2) is 61.4 Å². The van der Waals surface area contributed by atoms with Crippen LogP contribution >= 0.6 is 0 Å². The minimum absolute atomic E-state index is 0.0349. The number of fused-ring (bicyclic) bond motifs is 2. The van der Waals surface area contributed by atoms with Crippen LogP contribution in [0.4, 0.5) is 5.82 Å². The molecule has 9 heteroatoms. The van der Waals surface area contributed by atoms with E-state index in [1.54, 1.807) is 4.90 Å². The lowest BCUT2D eigenvalue weighted by molar-refractivity contribution is -0.133. The number of hydrogen-bond acceptors (Lipinski definition) is 6. The summed E-state index contributed by atoms with van der Waals surface area (Å²) in [5, 5.41) is 0.856. The van der Waals surface area contributed by atoms with Gasteiger partial charge >= 0.3 is 5.69 Å². The third-order valence-corrected chi connectivity index (χ3v) is 5.74. The lowest BCUT2D eigenvalue weighted by Gasteiger charge is -2.34. The van der Waals surface area contributed by atoms with Gasteiger partial charge in [0.25, 0.3) is 0 Å². The van der Waals surface area contributed by atoms with Crippen molar-refractivity contribution in [3.05, 3.63) is 64.8 Å². The number of piperazine rings is 1. The number of para-hydroxylation sites is 3. The lowest BCUT2D eigenvalue weighted by Crippen LogP contribution is -2.49. The summed E-state index contributed by atoms with van der Waals surface area (Å²) in [5.41, 5.74) is 8.14. The number of nitrogens with zero attached hydrogens (tertiary/aromatic N) is 5. The highest BCUT2D eigenvalue weighted by Gasteiger charge is 2.23. The Labute approximate surface area is 178 Å². The number of nitrogens with two attached hydrogens (primary N) is 1. The molecule has 1 amide bonds. The van der Waals surface area contributed by atoms with Gasteiger partial charge in [-0.1, -0.05) is 24.3 Å². The quantitative estimate of drug-likeness (QED) is 0.516. The monoisotopic (exact) mass is 417 g/mol. The summed E-state index contributed by atoms with van der Waals surface area (Å²) in [6, 6.07) is 15.1. The number of nitrogen functional groups attached to an aromatic ring is 1. The van der Waals surface area contributed by atoms with Crippen LogP contribution < -0.4 is 11.4 Å². The topological polar surface area (TPSA) is 113 Å². The maximum Gasteiger partial charge on any atom is 0.326 e. The summed E-state index contributed by atoms with van der Waals surface area (Å²) in [6.45, 7) is 3.24. The lowest BCUT2D eigenvalue weighted by atomic mass is 10.2. The van der Waals surface area contributed by atoms with Crippen LogP contribution in [0.5, 0.6) is 0 Å². The predicted molar refractivity (Wildman–Crippen MR) is 118 cm³/mol. The van der Waals surface area contributed by atoms with Crippen molar-refractivity contribution in [1.82, 2.24) is 29.3 Å². The summed E-state index contributed by atoms with van der Waals surface area (Å²) in [5.74, 6) is 1.11. The van der Waals surface area contributed by atoms with Crippen LogP contribution in [0.1, 0.15) is 5.82 Å². The molecule has 0 radical (unpaired) electrons. The van der Waals surface area contributed by atoms with Gasteiger partial charge in [0.15, 0.2) is 0 Å². The SMILES string of the molecule is Nc1nc(CN2CCN(C(=O)Cn3c(=O)[nH]c4ccccc43)CC2)nc2ccccc12. The molecule has 2 aromatic heterocycles. The van der Waals surface area contributed by atoms with Gasteiger partial charge in [-0.2, -0.15) is 0 Å². The van der Waals surface area contributed by atoms with E-state index < -0.39 is 0 Å². The highest BCUT2D eigenvalue weighted by atomic mass is 16.2. The minimum Gasteiger partial charge on any atom is -0.383 e. The van der Waals surface area contributed by atoms with Crippen LogP contribution in [0.15, 0.2) is 53.3 Å². The number of carbonyl (C=O) groups excluding carboxylic acids is 1. The van der Waals surface area contributed by atoms with E-state index >= 15 is 0 Å². The van der Waals surface area contributed by atoms with Gasteiger partial charge in [-0.15, -0.1) is 0 Å². The molecular weight excluding hydrogens is 394 g/mol. The van der Waals surface area contributed by atoms with Gasteiger partial charge in [0.2, 0.25) is 5.91 Å². The molecule has 0 spiro atoms. The number of imidazole rings is 1. The molecule has 3 N–H and O–H groups in total. The molecule has 158 valence electrons. The van der Waals surface area contributed by atoms with Crippen molar-refractivity contribution in [2.24, 2.45) is 0 Å². The molecule has 0 saturated carbocycles. The Kier molecular flexibility index (Phi) is 4.87. The smallest absolute Gasteiger partial charge is 0.326 e. The molecular formula is C22H23N7O2. The zero-order valence-corrected chi connectivity index (χ0v) is 17.0. The number of amides is 1. The summed E-state index contributed by atoms with van der Waals surface area (Å²) in [7, 11) is 0. The number of hydrogen-bond donors (Lipinski definition) is 2. The van der Waals surface area contributed by atoms with Crippen LogP contribution in [0.2, 0.25) is 0 Å². The number of H-pyrrole nitrogens is 1. The molecule has 31 heavy (non-hydrogen) atoms. The zero-order valence-electron chi connectivity index (χ0n) is 17.0. The van der Waals surface area contributed by atoms with E-state index in [1.807, 2.05) is 48.5 Å². The summed E-state index contributed by atoms with van der Waals surface area (Å²) in [4.78, 5) is 40.9. The van der Waals surface area contributed by atoms with Crippen LogP contribution in [0.3, 0.4) is 0 Å². The predicted octanol–water partition coefficient (Wildman–Crippen LogP) is 1.20. The molecule has 1 saturated heterocycles. The van der Waals surface area contributed by atoms with Crippen molar-refractivity contribution < 1.29 is 4.79 Å². The molecule has 1 aliphatic heterocycles. The average Bonchev–Trinajstić information content (AvgIpc) is 3.09. The molecule has 0 aliphatic carbocycles. The first-order valence-electron chi connectivity index (χ1n) is 10.3. The summed E-state index contributed by atoms with van der Waals surface area (Å²) >= 11 is 0. The first-order valence-corrected chi connectivity index (χ1v) is 10.3. The third kappa shape index (κ3) is 3.75. The molecule has 1 fully saturated rings. The fourth-order valence-electron chi connectivity index (χ4n) is 4.08. The van der Waals surface area contributed by atoms with Crippen molar-refractivity contribution >= 4 is 33.7 Å². The number of anilines is 1. The number of carbonyl (C=O) groups is 1. The standard InChI is InChI=1S/C22H23N7O2/c23-21-15-5-1-2-6-16(15)24-19(26-21)13-27-9-11-28(12-10-27)20(30)14-29-18-8-4-3-7-17(18)25-22(29)31/h1-8H,9-14H2,(H,25,31)(H2,23,24,26). The van der Waals surface area contributed by atoms with Crippen LogP contribution in [-0.2, 0) is 17.9 Å². The molecule has 4 aromatic rings. The van der Waals surface area contributed by atoms with Gasteiger partial charge in [-0.05, 0) is 24.3 Å². The Hall–Kier alpha value is -3.72. The van der Waals surface area contributed by atoms with E-state index in [-0.39, 0.29) is 18.1 Å².